The molecule has 1 N–H and O–H groups in total. The maximum Gasteiger partial charge on any atom is 0.244 e. The lowest BCUT2D eigenvalue weighted by Gasteiger charge is -2.31. The van der Waals surface area contributed by atoms with Gasteiger partial charge < -0.3 is 15.0 Å². The first kappa shape index (κ1) is 25.2. The van der Waals surface area contributed by atoms with Crippen molar-refractivity contribution in [3.8, 4) is 5.75 Å². The lowest BCUT2D eigenvalue weighted by Crippen LogP contribution is -2.51. The van der Waals surface area contributed by atoms with E-state index in [2.05, 4.69) is 5.32 Å². The van der Waals surface area contributed by atoms with Crippen LogP contribution in [0.3, 0.4) is 0 Å². The summed E-state index contributed by atoms with van der Waals surface area (Å²) in [4.78, 5) is 27.0. The standard InChI is InChI=1S/C23H31N3O5S/c1-5-31-21-14-10-9-13-20(21)26(32(4,29)30)17-22(27)25(18(2)23(28)24-3)16-15-19-11-7-6-8-12-19/h6-14,18H,5,15-17H2,1-4H3,(H,24,28)/t18-/m0/s1. The minimum atomic E-state index is -3.80. The molecule has 8 nitrogen and oxygen atoms in total. The van der Waals surface area contributed by atoms with Gasteiger partial charge in [-0.1, -0.05) is 42.5 Å². The van der Waals surface area contributed by atoms with Gasteiger partial charge in [0.15, 0.2) is 0 Å². The number of nitrogens with zero attached hydrogens (tertiary/aromatic N) is 2. The highest BCUT2D eigenvalue weighted by atomic mass is 32.2. The number of sulfonamides is 1. The molecule has 0 aromatic heterocycles. The number of likely N-dealkylation sites (N-methyl/N-ethyl adjacent to an activating group) is 1. The van der Waals surface area contributed by atoms with Crippen molar-refractivity contribution >= 4 is 27.5 Å². The molecule has 0 fully saturated rings. The second-order valence-electron chi connectivity index (χ2n) is 7.28. The van der Waals surface area contributed by atoms with Crippen molar-refractivity contribution in [3.05, 3.63) is 60.2 Å². The van der Waals surface area contributed by atoms with E-state index < -0.39 is 28.5 Å². The quantitative estimate of drug-likeness (QED) is 0.553. The Morgan fingerprint density at radius 1 is 1.06 bits per heavy atom. The molecule has 0 aliphatic heterocycles. The van der Waals surface area contributed by atoms with Gasteiger partial charge in [-0.05, 0) is 38.0 Å². The fourth-order valence-corrected chi connectivity index (χ4v) is 4.17. The predicted molar refractivity (Wildman–Crippen MR) is 125 cm³/mol. The van der Waals surface area contributed by atoms with E-state index in [0.717, 1.165) is 16.1 Å². The zero-order chi connectivity index (χ0) is 23.7. The van der Waals surface area contributed by atoms with Crippen LogP contribution in [0, 0.1) is 0 Å². The molecule has 0 saturated heterocycles. The summed E-state index contributed by atoms with van der Waals surface area (Å²) < 4.78 is 31.8. The molecular formula is C23H31N3O5S. The Kier molecular flexibility index (Phi) is 9.07. The van der Waals surface area contributed by atoms with E-state index in [1.165, 1.54) is 11.9 Å². The average Bonchev–Trinajstić information content (AvgIpc) is 2.77. The number of nitrogens with one attached hydrogen (secondary N) is 1. The third kappa shape index (κ3) is 6.71. The molecule has 1 atom stereocenters. The van der Waals surface area contributed by atoms with E-state index in [0.29, 0.717) is 18.8 Å². The molecule has 0 unspecified atom stereocenters. The van der Waals surface area contributed by atoms with Crippen LogP contribution in [0.4, 0.5) is 5.69 Å². The van der Waals surface area contributed by atoms with Gasteiger partial charge in [0.2, 0.25) is 21.8 Å². The van der Waals surface area contributed by atoms with Gasteiger partial charge >= 0.3 is 0 Å². The Morgan fingerprint density at radius 2 is 1.69 bits per heavy atom. The van der Waals surface area contributed by atoms with E-state index in [-0.39, 0.29) is 18.1 Å². The fourth-order valence-electron chi connectivity index (χ4n) is 3.31. The predicted octanol–water partition coefficient (Wildman–Crippen LogP) is 2.06. The zero-order valence-electron chi connectivity index (χ0n) is 18.9. The zero-order valence-corrected chi connectivity index (χ0v) is 19.8. The highest BCUT2D eigenvalue weighted by Gasteiger charge is 2.30. The van der Waals surface area contributed by atoms with Crippen molar-refractivity contribution in [2.45, 2.75) is 26.3 Å². The third-order valence-electron chi connectivity index (χ3n) is 5.01. The van der Waals surface area contributed by atoms with Crippen LogP contribution < -0.4 is 14.4 Å². The third-order valence-corrected chi connectivity index (χ3v) is 6.14. The minimum absolute atomic E-state index is 0.266. The molecule has 0 radical (unpaired) electrons. The first-order valence-corrected chi connectivity index (χ1v) is 12.3. The molecule has 0 spiro atoms. The molecule has 0 bridgehead atoms. The Labute approximate surface area is 190 Å². The van der Waals surface area contributed by atoms with Gasteiger partial charge in [0.1, 0.15) is 18.3 Å². The van der Waals surface area contributed by atoms with E-state index in [4.69, 9.17) is 4.74 Å². The summed E-state index contributed by atoms with van der Waals surface area (Å²) in [5.74, 6) is -0.441. The molecule has 2 aromatic rings. The van der Waals surface area contributed by atoms with Crippen LogP contribution in [-0.2, 0) is 26.0 Å². The van der Waals surface area contributed by atoms with Crippen molar-refractivity contribution in [2.75, 3.05) is 37.3 Å². The number of benzene rings is 2. The van der Waals surface area contributed by atoms with Gasteiger partial charge in [0, 0.05) is 13.6 Å². The number of ether oxygens (including phenoxy) is 1. The SMILES string of the molecule is CCOc1ccccc1N(CC(=O)N(CCc1ccccc1)[C@@H](C)C(=O)NC)S(C)(=O)=O. The van der Waals surface area contributed by atoms with Crippen molar-refractivity contribution in [1.82, 2.24) is 10.2 Å². The Hall–Kier alpha value is -3.07. The van der Waals surface area contributed by atoms with Crippen LogP contribution in [0.5, 0.6) is 5.75 Å². The van der Waals surface area contributed by atoms with Gasteiger partial charge in [-0.3, -0.25) is 13.9 Å². The molecule has 0 saturated carbocycles. The largest absolute Gasteiger partial charge is 0.492 e. The summed E-state index contributed by atoms with van der Waals surface area (Å²) in [7, 11) is -2.30. The Balaban J connectivity index is 2.34. The second-order valence-corrected chi connectivity index (χ2v) is 9.19. The van der Waals surface area contributed by atoms with Crippen molar-refractivity contribution < 1.29 is 22.7 Å². The van der Waals surface area contributed by atoms with Gasteiger partial charge in [0.05, 0.1) is 18.6 Å². The second kappa shape index (κ2) is 11.5. The summed E-state index contributed by atoms with van der Waals surface area (Å²) in [6, 6.07) is 15.5. The maximum absolute atomic E-state index is 13.3. The first-order chi connectivity index (χ1) is 15.2. The number of para-hydroxylation sites is 2. The fraction of sp³-hybridized carbons (Fsp3) is 0.391. The summed E-state index contributed by atoms with van der Waals surface area (Å²) >= 11 is 0. The smallest absolute Gasteiger partial charge is 0.244 e. The van der Waals surface area contributed by atoms with E-state index >= 15 is 0 Å². The van der Waals surface area contributed by atoms with Crippen LogP contribution in [-0.4, -0.2) is 64.2 Å². The maximum atomic E-state index is 13.3. The van der Waals surface area contributed by atoms with Gasteiger partial charge in [-0.25, -0.2) is 8.42 Å². The highest BCUT2D eigenvalue weighted by Crippen LogP contribution is 2.30. The lowest BCUT2D eigenvalue weighted by molar-refractivity contribution is -0.138. The van der Waals surface area contributed by atoms with Gasteiger partial charge in [-0.2, -0.15) is 0 Å². The summed E-state index contributed by atoms with van der Waals surface area (Å²) in [6.07, 6.45) is 1.57. The lowest BCUT2D eigenvalue weighted by atomic mass is 10.1. The summed E-state index contributed by atoms with van der Waals surface area (Å²) in [5.41, 5.74) is 1.29. The highest BCUT2D eigenvalue weighted by molar-refractivity contribution is 7.92. The molecule has 2 rings (SSSR count). The molecule has 0 heterocycles. The van der Waals surface area contributed by atoms with Gasteiger partial charge in [-0.15, -0.1) is 0 Å². The monoisotopic (exact) mass is 461 g/mol. The first-order valence-electron chi connectivity index (χ1n) is 10.4. The van der Waals surface area contributed by atoms with Crippen LogP contribution >= 0.6 is 0 Å². The summed E-state index contributed by atoms with van der Waals surface area (Å²) in [6.45, 7) is 3.59. The number of hydrogen-bond acceptors (Lipinski definition) is 5. The van der Waals surface area contributed by atoms with E-state index in [1.807, 2.05) is 30.3 Å². The molecule has 32 heavy (non-hydrogen) atoms. The van der Waals surface area contributed by atoms with Crippen molar-refractivity contribution in [2.24, 2.45) is 0 Å². The number of carbonyl (C=O) groups is 2. The molecular weight excluding hydrogens is 430 g/mol. The number of amides is 2. The van der Waals surface area contributed by atoms with Crippen molar-refractivity contribution in [1.29, 1.82) is 0 Å². The van der Waals surface area contributed by atoms with Crippen LogP contribution in [0.1, 0.15) is 19.4 Å². The molecule has 174 valence electrons. The molecule has 0 aliphatic rings. The summed E-state index contributed by atoms with van der Waals surface area (Å²) in [5, 5.41) is 2.55. The van der Waals surface area contributed by atoms with Crippen LogP contribution in [0.15, 0.2) is 54.6 Å². The number of rotatable bonds is 11. The Bertz CT molecular complexity index is 1010. The number of hydrogen-bond donors (Lipinski definition) is 1. The van der Waals surface area contributed by atoms with E-state index in [1.54, 1.807) is 38.1 Å². The van der Waals surface area contributed by atoms with Crippen LogP contribution in [0.2, 0.25) is 0 Å². The average molecular weight is 462 g/mol. The molecule has 2 amide bonds. The number of anilines is 1. The minimum Gasteiger partial charge on any atom is -0.492 e. The Morgan fingerprint density at radius 3 is 2.28 bits per heavy atom. The normalized spacial score (nSPS) is 12.0. The van der Waals surface area contributed by atoms with E-state index in [9.17, 15) is 18.0 Å². The van der Waals surface area contributed by atoms with Gasteiger partial charge in [0.25, 0.3) is 0 Å². The topological polar surface area (TPSA) is 96.0 Å². The number of carbonyl (C=O) groups excluding carboxylic acids is 2. The van der Waals surface area contributed by atoms with Crippen LogP contribution in [0.25, 0.3) is 0 Å². The van der Waals surface area contributed by atoms with Crippen molar-refractivity contribution in [3.63, 3.8) is 0 Å². The molecule has 9 heteroatoms. The molecule has 2 aromatic carbocycles. The molecule has 0 aliphatic carbocycles.